The third-order valence-electron chi connectivity index (χ3n) is 3.86. The van der Waals surface area contributed by atoms with E-state index in [1.165, 1.54) is 42.9 Å². The molecule has 8 nitrogen and oxygen atoms in total. The van der Waals surface area contributed by atoms with Gasteiger partial charge in [0.05, 0.1) is 0 Å². The molecule has 0 aliphatic heterocycles. The lowest BCUT2D eigenvalue weighted by molar-refractivity contribution is -0.489. The molecule has 0 saturated heterocycles. The number of nitrogens with zero attached hydrogens (tertiary/aromatic N) is 3. The Hall–Kier alpha value is -2.69. The Morgan fingerprint density at radius 1 is 0.962 bits per heavy atom. The molecule has 0 spiro atoms. The molecule has 0 saturated carbocycles. The highest BCUT2D eigenvalue weighted by molar-refractivity contribution is 5.80. The Balaban J connectivity index is 2.20. The van der Waals surface area contributed by atoms with E-state index in [4.69, 9.17) is 0 Å². The van der Waals surface area contributed by atoms with E-state index in [-0.39, 0.29) is 5.69 Å². The molecule has 2 heterocycles. The number of pyridine rings is 1. The summed E-state index contributed by atoms with van der Waals surface area (Å²) in [5, 5.41) is 43.7. The van der Waals surface area contributed by atoms with Gasteiger partial charge >= 0.3 is 11.9 Å². The number of aromatic nitrogens is 3. The summed E-state index contributed by atoms with van der Waals surface area (Å²) in [5.41, 5.74) is 1.79. The van der Waals surface area contributed by atoms with Crippen LogP contribution in [0.1, 0.15) is 0 Å². The maximum absolute atomic E-state index is 13.2. The highest BCUT2D eigenvalue weighted by atomic mass is 19.1. The maximum atomic E-state index is 13.2. The lowest BCUT2D eigenvalue weighted by atomic mass is 10.0. The van der Waals surface area contributed by atoms with Crippen LogP contribution in [0.2, 0.25) is 0 Å². The first-order chi connectivity index (χ1) is 12.3. The second-order valence-corrected chi connectivity index (χ2v) is 5.53. The summed E-state index contributed by atoms with van der Waals surface area (Å²) in [6, 6.07) is 8.70. The van der Waals surface area contributed by atoms with Crippen LogP contribution in [0.4, 0.5) is 4.39 Å². The fourth-order valence-electron chi connectivity index (χ4n) is 2.38. The van der Waals surface area contributed by atoms with Gasteiger partial charge in [-0.3, -0.25) is 4.98 Å². The molecule has 0 aliphatic carbocycles. The van der Waals surface area contributed by atoms with Gasteiger partial charge in [0.15, 0.2) is 0 Å². The first kappa shape index (κ1) is 18.1. The van der Waals surface area contributed by atoms with Crippen LogP contribution in [0.3, 0.4) is 0 Å². The van der Waals surface area contributed by atoms with E-state index in [1.807, 2.05) is 0 Å². The molecule has 0 atom stereocenters. The van der Waals surface area contributed by atoms with Crippen molar-refractivity contribution in [2.75, 3.05) is 7.11 Å². The molecular formula is C17H16FN3O5. The lowest BCUT2D eigenvalue weighted by Gasteiger charge is -2.32. The molecule has 26 heavy (non-hydrogen) atoms. The minimum absolute atomic E-state index is 0.260. The number of rotatable bonds is 5. The molecule has 3 rings (SSSR count). The topological polar surface area (TPSA) is 121 Å². The van der Waals surface area contributed by atoms with Crippen molar-refractivity contribution < 1.29 is 29.6 Å². The van der Waals surface area contributed by atoms with Crippen LogP contribution >= 0.6 is 0 Å². The second-order valence-electron chi connectivity index (χ2n) is 5.53. The van der Waals surface area contributed by atoms with E-state index in [9.17, 15) is 24.8 Å². The summed E-state index contributed by atoms with van der Waals surface area (Å²) in [6.07, 6.45) is 4.27. The third-order valence-corrected chi connectivity index (χ3v) is 3.86. The van der Waals surface area contributed by atoms with Crippen LogP contribution in [0.15, 0.2) is 55.0 Å². The molecule has 1 aromatic carbocycles. The normalized spacial score (nSPS) is 12.4. The van der Waals surface area contributed by atoms with Gasteiger partial charge in [-0.05, 0) is 42.0 Å². The molecule has 0 bridgehead atoms. The van der Waals surface area contributed by atoms with Crippen molar-refractivity contribution in [2.45, 2.75) is 11.9 Å². The summed E-state index contributed by atoms with van der Waals surface area (Å²) in [7, 11) is 0.884. The number of hydrogen-bond acceptors (Lipinski definition) is 7. The Morgan fingerprint density at radius 2 is 1.58 bits per heavy atom. The molecule has 0 aliphatic rings. The maximum Gasteiger partial charge on any atom is 0.359 e. The fraction of sp³-hybridized carbons (Fsp3) is 0.176. The summed E-state index contributed by atoms with van der Waals surface area (Å²) >= 11 is 0. The zero-order valence-electron chi connectivity index (χ0n) is 13.6. The minimum Gasteiger partial charge on any atom is -0.341 e. The Bertz CT molecular complexity index is 895. The van der Waals surface area contributed by atoms with Gasteiger partial charge < -0.3 is 25.2 Å². The van der Waals surface area contributed by atoms with Crippen LogP contribution < -0.4 is 0 Å². The van der Waals surface area contributed by atoms with Crippen molar-refractivity contribution in [1.29, 1.82) is 0 Å². The average Bonchev–Trinajstić information content (AvgIpc) is 3.09. The summed E-state index contributed by atoms with van der Waals surface area (Å²) in [5.74, 6) is -7.06. The number of methoxy groups -OCH3 is 1. The predicted molar refractivity (Wildman–Crippen MR) is 87.4 cm³/mol. The Kier molecular flexibility index (Phi) is 4.57. The molecule has 0 fully saturated rings. The van der Waals surface area contributed by atoms with Crippen LogP contribution in [0, 0.1) is 5.82 Å². The monoisotopic (exact) mass is 361 g/mol. The quantitative estimate of drug-likeness (QED) is 0.492. The van der Waals surface area contributed by atoms with Gasteiger partial charge in [-0.2, -0.15) is 5.10 Å². The average molecular weight is 361 g/mol. The summed E-state index contributed by atoms with van der Waals surface area (Å²) in [6.45, 7) is 0. The smallest absolute Gasteiger partial charge is 0.341 e. The van der Waals surface area contributed by atoms with Crippen molar-refractivity contribution >= 4 is 0 Å². The number of aliphatic hydroxyl groups is 4. The van der Waals surface area contributed by atoms with E-state index < -0.39 is 17.7 Å². The van der Waals surface area contributed by atoms with Gasteiger partial charge in [0.25, 0.3) is 0 Å². The van der Waals surface area contributed by atoms with Gasteiger partial charge in [0.1, 0.15) is 11.5 Å². The number of hydrogen-bond donors (Lipinski definition) is 4. The summed E-state index contributed by atoms with van der Waals surface area (Å²) < 4.78 is 18.1. The van der Waals surface area contributed by atoms with Crippen molar-refractivity contribution in [1.82, 2.24) is 14.8 Å². The highest BCUT2D eigenvalue weighted by Gasteiger charge is 2.52. The van der Waals surface area contributed by atoms with E-state index >= 15 is 0 Å². The van der Waals surface area contributed by atoms with Crippen LogP contribution in [0.5, 0.6) is 0 Å². The number of benzene rings is 1. The molecule has 3 aromatic rings. The minimum atomic E-state index is -3.32. The first-order valence-corrected chi connectivity index (χ1v) is 7.47. The molecule has 0 radical (unpaired) electrons. The summed E-state index contributed by atoms with van der Waals surface area (Å²) in [4.78, 5) is 3.92. The SMILES string of the molecule is COC(O)(O)C(O)(O)n1cc(-c2ccncc2)c(-c2ccc(F)cc2)n1. The molecule has 9 heteroatoms. The Labute approximate surface area is 147 Å². The largest absolute Gasteiger partial charge is 0.359 e. The van der Waals surface area contributed by atoms with Crippen LogP contribution in [-0.4, -0.2) is 48.3 Å². The lowest BCUT2D eigenvalue weighted by Crippen LogP contribution is -2.57. The number of ether oxygens (including phenoxy) is 1. The van der Waals surface area contributed by atoms with Crippen molar-refractivity contribution in [2.24, 2.45) is 0 Å². The van der Waals surface area contributed by atoms with Gasteiger partial charge in [0, 0.05) is 36.8 Å². The number of halogens is 1. The third kappa shape index (κ3) is 3.09. The molecule has 2 aromatic heterocycles. The Morgan fingerprint density at radius 3 is 2.15 bits per heavy atom. The van der Waals surface area contributed by atoms with Crippen molar-refractivity contribution in [3.63, 3.8) is 0 Å². The van der Waals surface area contributed by atoms with E-state index in [0.29, 0.717) is 21.4 Å². The molecule has 4 N–H and O–H groups in total. The molecular weight excluding hydrogens is 345 g/mol. The fourth-order valence-corrected chi connectivity index (χ4v) is 2.38. The predicted octanol–water partition coefficient (Wildman–Crippen LogP) is 0.631. The molecule has 0 unspecified atom stereocenters. The first-order valence-electron chi connectivity index (χ1n) is 7.47. The molecule has 136 valence electrons. The zero-order chi connectivity index (χ0) is 18.9. The van der Waals surface area contributed by atoms with Gasteiger partial charge in [-0.15, -0.1) is 0 Å². The second kappa shape index (κ2) is 6.56. The van der Waals surface area contributed by atoms with Crippen LogP contribution in [-0.2, 0) is 10.6 Å². The molecule has 0 amide bonds. The van der Waals surface area contributed by atoms with Gasteiger partial charge in [-0.1, -0.05) is 0 Å². The highest BCUT2D eigenvalue weighted by Crippen LogP contribution is 2.34. The van der Waals surface area contributed by atoms with Crippen molar-refractivity contribution in [3.8, 4) is 22.4 Å². The van der Waals surface area contributed by atoms with Gasteiger partial charge in [0.2, 0.25) is 0 Å². The van der Waals surface area contributed by atoms with E-state index in [2.05, 4.69) is 14.8 Å². The van der Waals surface area contributed by atoms with E-state index in [0.717, 1.165) is 7.11 Å². The van der Waals surface area contributed by atoms with E-state index in [1.54, 1.807) is 12.1 Å². The standard InChI is InChI=1S/C17H16FN3O5/c1-26-17(24,25)16(22,23)21-10-14(11-6-8-19-9-7-11)15(20-21)12-2-4-13(18)5-3-12/h2-10,22-25H,1H3. The van der Waals surface area contributed by atoms with Crippen LogP contribution in [0.25, 0.3) is 22.4 Å². The van der Waals surface area contributed by atoms with Gasteiger partial charge in [-0.25, -0.2) is 9.07 Å². The van der Waals surface area contributed by atoms with Crippen molar-refractivity contribution in [3.05, 3.63) is 60.8 Å². The zero-order valence-corrected chi connectivity index (χ0v) is 13.6.